The molecule has 9 heteroatoms. The highest BCUT2D eigenvalue weighted by Crippen LogP contribution is 2.20. The summed E-state index contributed by atoms with van der Waals surface area (Å²) in [5.74, 6) is 0.943. The van der Waals surface area contributed by atoms with Crippen LogP contribution in [0.25, 0.3) is 0 Å². The second-order valence-corrected chi connectivity index (χ2v) is 6.95. The van der Waals surface area contributed by atoms with Crippen molar-refractivity contribution in [1.82, 2.24) is 0 Å². The predicted molar refractivity (Wildman–Crippen MR) is 73.3 cm³/mol. The van der Waals surface area contributed by atoms with Gasteiger partial charge in [-0.05, 0) is 45.0 Å². The molecule has 0 bridgehead atoms. The van der Waals surface area contributed by atoms with Crippen molar-refractivity contribution in [1.29, 1.82) is 0 Å². The number of hydrogen-bond acceptors (Lipinski definition) is 4. The van der Waals surface area contributed by atoms with Gasteiger partial charge in [0, 0.05) is 9.24 Å². The zero-order valence-electron chi connectivity index (χ0n) is 11.2. The minimum atomic E-state index is -6.09. The third-order valence-electron chi connectivity index (χ3n) is 1.63. The molecule has 1 rings (SSSR count). The molecule has 1 unspecified atom stereocenters. The summed E-state index contributed by atoms with van der Waals surface area (Å²) in [5.41, 5.74) is -5.75. The van der Waals surface area contributed by atoms with Crippen LogP contribution in [0.15, 0.2) is 24.3 Å². The van der Waals surface area contributed by atoms with Gasteiger partial charge in [-0.1, -0.05) is 0 Å². The molecule has 116 valence electrons. The molecule has 4 nitrogen and oxygen atoms in total. The highest BCUT2D eigenvalue weighted by molar-refractivity contribution is 7.86. The molecule has 0 radical (unpaired) electrons. The maximum Gasteiger partial charge on any atom is 0.485 e. The van der Waals surface area contributed by atoms with Gasteiger partial charge in [0.1, 0.15) is 11.4 Å². The normalized spacial score (nSPS) is 12.6. The minimum absolute atomic E-state index is 0.0997. The second kappa shape index (κ2) is 6.74. The first kappa shape index (κ1) is 19.1. The number of halogens is 3. The van der Waals surface area contributed by atoms with Gasteiger partial charge in [-0.25, -0.2) is 8.42 Å². The molecule has 0 saturated heterocycles. The Balaban J connectivity index is 0.000000396. The monoisotopic (exact) mass is 332 g/mol. The van der Waals surface area contributed by atoms with Gasteiger partial charge < -0.3 is 9.29 Å². The SMILES string of the molecule is CC(C)(C)Oc1ccc([PH3+])cc1.O=S(=O)([O-])C(F)(F)F. The van der Waals surface area contributed by atoms with Crippen molar-refractivity contribution in [3.8, 4) is 5.75 Å². The van der Waals surface area contributed by atoms with Crippen LogP contribution >= 0.6 is 9.24 Å². The molecular formula is C11H16F3O4PS. The van der Waals surface area contributed by atoms with Gasteiger partial charge in [-0.2, -0.15) is 13.2 Å². The molecule has 0 fully saturated rings. The van der Waals surface area contributed by atoms with Gasteiger partial charge in [-0.3, -0.25) is 0 Å². The number of ether oxygens (including phenoxy) is 1. The lowest BCUT2D eigenvalue weighted by Gasteiger charge is -2.20. The van der Waals surface area contributed by atoms with E-state index in [2.05, 4.69) is 32.9 Å². The Kier molecular flexibility index (Phi) is 6.45. The largest absolute Gasteiger partial charge is 0.741 e. The Morgan fingerprint density at radius 2 is 1.45 bits per heavy atom. The minimum Gasteiger partial charge on any atom is -0.741 e. The number of benzene rings is 1. The van der Waals surface area contributed by atoms with Crippen LogP contribution in [0, 0.1) is 0 Å². The predicted octanol–water partition coefficient (Wildman–Crippen LogP) is 2.15. The fourth-order valence-electron chi connectivity index (χ4n) is 0.911. The summed E-state index contributed by atoms with van der Waals surface area (Å²) in [6.07, 6.45) is 0. The first-order chi connectivity index (χ1) is 8.72. The molecule has 0 aromatic heterocycles. The summed E-state index contributed by atoms with van der Waals surface area (Å²) in [4.78, 5) is 0. The molecule has 1 atom stereocenters. The average molecular weight is 332 g/mol. The van der Waals surface area contributed by atoms with E-state index in [-0.39, 0.29) is 5.60 Å². The third kappa shape index (κ3) is 8.35. The summed E-state index contributed by atoms with van der Waals surface area (Å²) < 4.78 is 64.6. The number of hydrogen-bond donors (Lipinski definition) is 0. The van der Waals surface area contributed by atoms with E-state index in [1.807, 2.05) is 21.4 Å². The lowest BCUT2D eigenvalue weighted by Crippen LogP contribution is -2.22. The van der Waals surface area contributed by atoms with Gasteiger partial charge in [-0.15, -0.1) is 0 Å². The standard InChI is InChI=1S/C10H15OP.CHF3O3S/c1-10(2,3)11-8-4-6-9(12)7-5-8;2-1(3,4)8(5,6)7/h4-7H,12H2,1-3H3;(H,5,6,7). The molecule has 0 aliphatic heterocycles. The van der Waals surface area contributed by atoms with Crippen LogP contribution in [0.4, 0.5) is 13.2 Å². The Morgan fingerprint density at radius 3 is 1.70 bits per heavy atom. The summed E-state index contributed by atoms with van der Waals surface area (Å²) in [5, 5.41) is 1.29. The molecular weight excluding hydrogens is 316 g/mol. The summed E-state index contributed by atoms with van der Waals surface area (Å²) >= 11 is 0. The van der Waals surface area contributed by atoms with Gasteiger partial charge in [0.2, 0.25) is 0 Å². The molecule has 0 aliphatic carbocycles. The first-order valence-electron chi connectivity index (χ1n) is 5.35. The quantitative estimate of drug-likeness (QED) is 0.449. The van der Waals surface area contributed by atoms with Crippen molar-refractivity contribution in [2.75, 3.05) is 0 Å². The van der Waals surface area contributed by atoms with Crippen LogP contribution in [0.2, 0.25) is 0 Å². The molecule has 0 amide bonds. The van der Waals surface area contributed by atoms with E-state index in [1.165, 1.54) is 5.30 Å². The van der Waals surface area contributed by atoms with Crippen LogP contribution in [-0.4, -0.2) is 24.1 Å². The van der Waals surface area contributed by atoms with E-state index >= 15 is 0 Å². The first-order valence-corrected chi connectivity index (χ1v) is 7.47. The summed E-state index contributed by atoms with van der Waals surface area (Å²) in [6.45, 7) is 6.15. The maximum atomic E-state index is 10.7. The topological polar surface area (TPSA) is 66.4 Å². The van der Waals surface area contributed by atoms with Gasteiger partial charge in [0.05, 0.1) is 5.30 Å². The van der Waals surface area contributed by atoms with Gasteiger partial charge in [0.25, 0.3) is 0 Å². The van der Waals surface area contributed by atoms with Crippen LogP contribution in [-0.2, 0) is 10.1 Å². The maximum absolute atomic E-state index is 10.7. The van der Waals surface area contributed by atoms with E-state index in [4.69, 9.17) is 17.7 Å². The lowest BCUT2D eigenvalue weighted by molar-refractivity contribution is -0.0517. The van der Waals surface area contributed by atoms with Crippen LogP contribution in [0.3, 0.4) is 0 Å². The van der Waals surface area contributed by atoms with E-state index in [1.54, 1.807) is 0 Å². The number of rotatable bonds is 1. The van der Waals surface area contributed by atoms with Crippen molar-refractivity contribution in [3.63, 3.8) is 0 Å². The Hall–Kier alpha value is -0.850. The van der Waals surface area contributed by atoms with E-state index < -0.39 is 15.6 Å². The average Bonchev–Trinajstić information content (AvgIpc) is 2.17. The van der Waals surface area contributed by atoms with E-state index in [0.717, 1.165) is 5.75 Å². The van der Waals surface area contributed by atoms with Crippen molar-refractivity contribution in [2.24, 2.45) is 0 Å². The highest BCUT2D eigenvalue weighted by atomic mass is 32.2. The Morgan fingerprint density at radius 1 is 1.10 bits per heavy atom. The van der Waals surface area contributed by atoms with Gasteiger partial charge in [0.15, 0.2) is 10.1 Å². The Bertz CT molecular complexity index is 518. The fourth-order valence-corrected chi connectivity index (χ4v) is 1.15. The van der Waals surface area contributed by atoms with E-state index in [0.29, 0.717) is 0 Å². The molecule has 20 heavy (non-hydrogen) atoms. The molecule has 0 spiro atoms. The van der Waals surface area contributed by atoms with E-state index in [9.17, 15) is 13.2 Å². The fraction of sp³-hybridized carbons (Fsp3) is 0.455. The molecule has 0 heterocycles. The van der Waals surface area contributed by atoms with Crippen molar-refractivity contribution < 1.29 is 30.9 Å². The third-order valence-corrected chi connectivity index (χ3v) is 2.67. The molecule has 0 aliphatic rings. The highest BCUT2D eigenvalue weighted by Gasteiger charge is 2.36. The van der Waals surface area contributed by atoms with Gasteiger partial charge >= 0.3 is 5.51 Å². The van der Waals surface area contributed by atoms with Crippen molar-refractivity contribution >= 4 is 24.7 Å². The second-order valence-electron chi connectivity index (χ2n) is 4.76. The van der Waals surface area contributed by atoms with Crippen LogP contribution in [0.5, 0.6) is 5.75 Å². The zero-order chi connectivity index (χ0) is 16.2. The smallest absolute Gasteiger partial charge is 0.485 e. The van der Waals surface area contributed by atoms with Crippen LogP contribution < -0.4 is 10.0 Å². The number of alkyl halides is 3. The molecule has 1 aromatic rings. The zero-order valence-corrected chi connectivity index (χ0v) is 13.4. The lowest BCUT2D eigenvalue weighted by atomic mass is 10.2. The Labute approximate surface area is 118 Å². The molecule has 1 aromatic carbocycles. The summed E-state index contributed by atoms with van der Waals surface area (Å²) in [7, 11) is -4.21. The molecule has 0 N–H and O–H groups in total. The van der Waals surface area contributed by atoms with Crippen molar-refractivity contribution in [2.45, 2.75) is 31.9 Å². The van der Waals surface area contributed by atoms with Crippen LogP contribution in [0.1, 0.15) is 20.8 Å². The van der Waals surface area contributed by atoms with Crippen molar-refractivity contribution in [3.05, 3.63) is 24.3 Å². The molecule has 0 saturated carbocycles. The summed E-state index contributed by atoms with van der Waals surface area (Å²) in [6, 6.07) is 8.15.